The smallest absolute Gasteiger partial charge is 0.475 e. The van der Waals surface area contributed by atoms with Gasteiger partial charge < -0.3 is 20.1 Å². The van der Waals surface area contributed by atoms with Crippen molar-refractivity contribution in [3.8, 4) is 0 Å². The topological polar surface area (TPSA) is 78.9 Å². The van der Waals surface area contributed by atoms with E-state index in [0.29, 0.717) is 18.0 Å². The van der Waals surface area contributed by atoms with Crippen LogP contribution in [-0.4, -0.2) is 58.9 Å². The molecule has 1 atom stereocenters. The molecule has 1 aromatic carbocycles. The number of carboxylic acid groups (broad SMARTS) is 1. The molecule has 2 saturated heterocycles. The molecule has 4 rings (SSSR count). The number of aliphatic carboxylic acids is 1. The zero-order valence-corrected chi connectivity index (χ0v) is 18.3. The molecule has 1 spiro atoms. The van der Waals surface area contributed by atoms with Crippen LogP contribution in [0.15, 0.2) is 24.3 Å². The molecule has 2 heterocycles. The second-order valence-corrected chi connectivity index (χ2v) is 8.99. The Kier molecular flexibility index (Phi) is 7.82. The van der Waals surface area contributed by atoms with E-state index in [-0.39, 0.29) is 5.54 Å². The first-order valence-corrected chi connectivity index (χ1v) is 11.1. The fourth-order valence-electron chi connectivity index (χ4n) is 4.85. The first-order valence-electron chi connectivity index (χ1n) is 11.1. The molecular weight excluding hydrogens is 425 g/mol. The number of nitrogens with zero attached hydrogens (tertiary/aromatic N) is 1. The van der Waals surface area contributed by atoms with Gasteiger partial charge in [-0.2, -0.15) is 13.2 Å². The number of aryl methyl sites for hydroxylation is 1. The molecule has 3 fully saturated rings. The van der Waals surface area contributed by atoms with Crippen molar-refractivity contribution in [2.24, 2.45) is 0 Å². The molecule has 9 heteroatoms. The zero-order valence-electron chi connectivity index (χ0n) is 18.3. The van der Waals surface area contributed by atoms with Crippen LogP contribution in [0.2, 0.25) is 0 Å². The van der Waals surface area contributed by atoms with Crippen LogP contribution < -0.4 is 5.32 Å². The van der Waals surface area contributed by atoms with Gasteiger partial charge in [0.15, 0.2) is 0 Å². The van der Waals surface area contributed by atoms with E-state index in [1.807, 2.05) is 0 Å². The van der Waals surface area contributed by atoms with Gasteiger partial charge in [0.05, 0.1) is 6.61 Å². The molecule has 1 aliphatic carbocycles. The first-order chi connectivity index (χ1) is 15.1. The number of hydrogen-bond acceptors (Lipinski definition) is 4. The number of amides is 1. The van der Waals surface area contributed by atoms with Gasteiger partial charge in [-0.05, 0) is 51.0 Å². The number of ether oxygens (including phenoxy) is 1. The first kappa shape index (κ1) is 24.5. The van der Waals surface area contributed by atoms with Gasteiger partial charge in [0.25, 0.3) is 0 Å². The van der Waals surface area contributed by atoms with Gasteiger partial charge >= 0.3 is 12.1 Å². The normalized spacial score (nSPS) is 28.0. The molecule has 3 aliphatic rings. The summed E-state index contributed by atoms with van der Waals surface area (Å²) in [4.78, 5) is 23.7. The molecule has 2 aliphatic heterocycles. The molecule has 1 saturated carbocycles. The highest BCUT2D eigenvalue weighted by molar-refractivity contribution is 5.79. The lowest BCUT2D eigenvalue weighted by Gasteiger charge is -2.44. The minimum atomic E-state index is -5.08. The summed E-state index contributed by atoms with van der Waals surface area (Å²) >= 11 is 0. The van der Waals surface area contributed by atoms with Crippen LogP contribution in [0.5, 0.6) is 0 Å². The predicted molar refractivity (Wildman–Crippen MR) is 112 cm³/mol. The number of rotatable bonds is 4. The van der Waals surface area contributed by atoms with Gasteiger partial charge in [-0.25, -0.2) is 4.79 Å². The Balaban J connectivity index is 0.000000360. The van der Waals surface area contributed by atoms with E-state index in [2.05, 4.69) is 41.4 Å². The van der Waals surface area contributed by atoms with E-state index < -0.39 is 12.1 Å². The Hall–Kier alpha value is -2.13. The van der Waals surface area contributed by atoms with Crippen molar-refractivity contribution in [1.29, 1.82) is 0 Å². The third-order valence-electron chi connectivity index (χ3n) is 6.70. The van der Waals surface area contributed by atoms with Crippen molar-refractivity contribution in [1.82, 2.24) is 10.2 Å². The number of alkyl halides is 3. The van der Waals surface area contributed by atoms with Crippen LogP contribution in [0.1, 0.15) is 56.1 Å². The summed E-state index contributed by atoms with van der Waals surface area (Å²) < 4.78 is 37.2. The number of benzene rings is 1. The van der Waals surface area contributed by atoms with Crippen molar-refractivity contribution in [3.63, 3.8) is 0 Å². The number of nitrogens with one attached hydrogen (secondary N) is 1. The predicted octanol–water partition coefficient (Wildman–Crippen LogP) is 3.81. The van der Waals surface area contributed by atoms with Gasteiger partial charge in [0.2, 0.25) is 5.91 Å². The summed E-state index contributed by atoms with van der Waals surface area (Å²) in [5.41, 5.74) is 2.63. The molecule has 0 aromatic heterocycles. The summed E-state index contributed by atoms with van der Waals surface area (Å²) in [7, 11) is 0. The lowest BCUT2D eigenvalue weighted by atomic mass is 9.77. The van der Waals surface area contributed by atoms with Gasteiger partial charge in [-0.3, -0.25) is 4.79 Å². The second kappa shape index (κ2) is 10.2. The number of carboxylic acids is 1. The lowest BCUT2D eigenvalue weighted by Crippen LogP contribution is -2.51. The molecule has 6 nitrogen and oxygen atoms in total. The Morgan fingerprint density at radius 3 is 2.31 bits per heavy atom. The third kappa shape index (κ3) is 6.22. The summed E-state index contributed by atoms with van der Waals surface area (Å²) in [6.45, 7) is 4.64. The number of carbonyl (C=O) groups is 2. The molecule has 0 bridgehead atoms. The molecule has 32 heavy (non-hydrogen) atoms. The fraction of sp³-hybridized carbons (Fsp3) is 0.652. The maximum Gasteiger partial charge on any atom is 0.490 e. The molecule has 1 amide bonds. The quantitative estimate of drug-likeness (QED) is 0.721. The van der Waals surface area contributed by atoms with Crippen molar-refractivity contribution in [2.45, 2.75) is 82.2 Å². The van der Waals surface area contributed by atoms with Gasteiger partial charge in [-0.15, -0.1) is 0 Å². The summed E-state index contributed by atoms with van der Waals surface area (Å²) in [5, 5.41) is 10.9. The molecule has 1 unspecified atom stereocenters. The van der Waals surface area contributed by atoms with Crippen molar-refractivity contribution < 1.29 is 32.6 Å². The standard InChI is InChI=1S/C21H30N2O2.C2HF3O2/c1-16-2-4-17(5-3-16)14-23-20(24)8-12-21(23)10-6-18(7-11-21)22-19-9-13-25-15-19;3-2(4,5)1(6)7/h2-5,18-19,22H,6-15H2,1H3;(H,6,7). The zero-order chi connectivity index (χ0) is 23.4. The maximum atomic E-state index is 12.6. The minimum absolute atomic E-state index is 0.103. The van der Waals surface area contributed by atoms with E-state index >= 15 is 0 Å². The average Bonchev–Trinajstić information content (AvgIpc) is 3.35. The molecule has 0 radical (unpaired) electrons. The largest absolute Gasteiger partial charge is 0.490 e. The second-order valence-electron chi connectivity index (χ2n) is 8.99. The third-order valence-corrected chi connectivity index (χ3v) is 6.70. The van der Waals surface area contributed by atoms with Crippen LogP contribution in [0.4, 0.5) is 13.2 Å². The highest BCUT2D eigenvalue weighted by Crippen LogP contribution is 2.43. The number of hydrogen-bond donors (Lipinski definition) is 2. The molecule has 1 aromatic rings. The monoisotopic (exact) mass is 456 g/mol. The van der Waals surface area contributed by atoms with Crippen molar-refractivity contribution in [3.05, 3.63) is 35.4 Å². The van der Waals surface area contributed by atoms with E-state index in [4.69, 9.17) is 14.6 Å². The van der Waals surface area contributed by atoms with Crippen molar-refractivity contribution >= 4 is 11.9 Å². The summed E-state index contributed by atoms with van der Waals surface area (Å²) in [5.74, 6) is -2.41. The highest BCUT2D eigenvalue weighted by Gasteiger charge is 2.47. The minimum Gasteiger partial charge on any atom is -0.475 e. The number of carbonyl (C=O) groups excluding carboxylic acids is 1. The molecule has 2 N–H and O–H groups in total. The van der Waals surface area contributed by atoms with Gasteiger partial charge in [0.1, 0.15) is 0 Å². The lowest BCUT2D eigenvalue weighted by molar-refractivity contribution is -0.192. The highest BCUT2D eigenvalue weighted by atomic mass is 19.4. The van der Waals surface area contributed by atoms with Crippen LogP contribution in [0, 0.1) is 6.92 Å². The SMILES string of the molecule is Cc1ccc(CN2C(=O)CCC23CCC(NC2CCOC2)CC3)cc1.O=C(O)C(F)(F)F. The van der Waals surface area contributed by atoms with Crippen LogP contribution in [-0.2, 0) is 20.9 Å². The Morgan fingerprint density at radius 1 is 1.16 bits per heavy atom. The van der Waals surface area contributed by atoms with Crippen LogP contribution in [0.3, 0.4) is 0 Å². The van der Waals surface area contributed by atoms with E-state index in [0.717, 1.165) is 51.9 Å². The Labute approximate surface area is 186 Å². The number of halogens is 3. The Bertz CT molecular complexity index is 783. The van der Waals surface area contributed by atoms with Crippen LogP contribution in [0.25, 0.3) is 0 Å². The fourth-order valence-corrected chi connectivity index (χ4v) is 4.85. The van der Waals surface area contributed by atoms with Crippen LogP contribution >= 0.6 is 0 Å². The summed E-state index contributed by atoms with van der Waals surface area (Å²) in [6.07, 6.45) is 2.44. The molecule has 178 valence electrons. The Morgan fingerprint density at radius 2 is 1.78 bits per heavy atom. The van der Waals surface area contributed by atoms with E-state index in [1.165, 1.54) is 24.0 Å². The van der Waals surface area contributed by atoms with E-state index in [1.54, 1.807) is 0 Å². The van der Waals surface area contributed by atoms with E-state index in [9.17, 15) is 18.0 Å². The van der Waals surface area contributed by atoms with Crippen molar-refractivity contribution in [2.75, 3.05) is 13.2 Å². The maximum absolute atomic E-state index is 12.6. The van der Waals surface area contributed by atoms with Gasteiger partial charge in [0, 0.05) is 37.2 Å². The average molecular weight is 457 g/mol. The summed E-state index contributed by atoms with van der Waals surface area (Å²) in [6, 6.07) is 9.76. The molecular formula is C23H31F3N2O4. The number of likely N-dealkylation sites (tertiary alicyclic amines) is 1. The van der Waals surface area contributed by atoms with Gasteiger partial charge in [-0.1, -0.05) is 29.8 Å².